The van der Waals surface area contributed by atoms with E-state index in [2.05, 4.69) is 40.1 Å². The molecule has 2 aromatic heterocycles. The molecule has 3 nitrogen and oxygen atoms in total. The summed E-state index contributed by atoms with van der Waals surface area (Å²) in [5, 5.41) is 0. The Morgan fingerprint density at radius 1 is 0.895 bits per heavy atom. The summed E-state index contributed by atoms with van der Waals surface area (Å²) in [5.41, 5.74) is 5.38. The minimum atomic E-state index is 0.933. The van der Waals surface area contributed by atoms with Gasteiger partial charge in [-0.3, -0.25) is 4.98 Å². The summed E-state index contributed by atoms with van der Waals surface area (Å²) < 4.78 is 0. The van der Waals surface area contributed by atoms with Crippen LogP contribution in [0.25, 0.3) is 22.4 Å². The minimum absolute atomic E-state index is 0.933. The van der Waals surface area contributed by atoms with E-state index >= 15 is 0 Å². The van der Waals surface area contributed by atoms with Crippen LogP contribution in [0, 0.1) is 6.92 Å². The van der Waals surface area contributed by atoms with Crippen LogP contribution in [0.2, 0.25) is 0 Å². The minimum Gasteiger partial charge on any atom is -0.265 e. The number of hydrogen-bond donors (Lipinski definition) is 0. The third kappa shape index (κ3) is 2.36. The van der Waals surface area contributed by atoms with E-state index in [0.717, 1.165) is 22.4 Å². The first-order chi connectivity index (χ1) is 9.34. The number of aryl methyl sites for hydroxylation is 1. The lowest BCUT2D eigenvalue weighted by Gasteiger charge is -2.08. The van der Waals surface area contributed by atoms with Crippen LogP contribution in [0.4, 0.5) is 0 Å². The van der Waals surface area contributed by atoms with Crippen LogP contribution in [0.15, 0.2) is 61.3 Å². The fourth-order valence-corrected chi connectivity index (χ4v) is 2.09. The van der Waals surface area contributed by atoms with Gasteiger partial charge >= 0.3 is 0 Å². The summed E-state index contributed by atoms with van der Waals surface area (Å²) in [5.74, 6) is 0. The molecular formula is C16H13N3. The van der Waals surface area contributed by atoms with Gasteiger partial charge in [-0.2, -0.15) is 0 Å². The molecule has 3 heteroatoms. The first kappa shape index (κ1) is 11.5. The molecule has 0 saturated carbocycles. The fourth-order valence-electron chi connectivity index (χ4n) is 2.09. The van der Waals surface area contributed by atoms with E-state index in [-0.39, 0.29) is 0 Å². The van der Waals surface area contributed by atoms with Crippen LogP contribution in [0.1, 0.15) is 5.56 Å². The number of benzene rings is 1. The van der Waals surface area contributed by atoms with Crippen molar-refractivity contribution >= 4 is 0 Å². The van der Waals surface area contributed by atoms with Gasteiger partial charge in [-0.25, -0.2) is 9.97 Å². The highest BCUT2D eigenvalue weighted by molar-refractivity contribution is 5.79. The molecule has 1 aromatic carbocycles. The second-order valence-electron chi connectivity index (χ2n) is 4.39. The number of aromatic nitrogens is 3. The average Bonchev–Trinajstić information content (AvgIpc) is 2.48. The smallest absolute Gasteiger partial charge is 0.116 e. The third-order valence-electron chi connectivity index (χ3n) is 3.00. The Morgan fingerprint density at radius 3 is 2.53 bits per heavy atom. The van der Waals surface area contributed by atoms with Crippen LogP contribution in [0.3, 0.4) is 0 Å². The van der Waals surface area contributed by atoms with Gasteiger partial charge in [-0.15, -0.1) is 0 Å². The molecule has 0 atom stereocenters. The van der Waals surface area contributed by atoms with E-state index in [4.69, 9.17) is 0 Å². The molecule has 0 aliphatic heterocycles. The molecule has 0 aliphatic rings. The van der Waals surface area contributed by atoms with Gasteiger partial charge in [-0.05, 0) is 24.6 Å². The normalized spacial score (nSPS) is 10.4. The molecule has 0 saturated heterocycles. The van der Waals surface area contributed by atoms with Gasteiger partial charge in [0.25, 0.3) is 0 Å². The second kappa shape index (κ2) is 4.98. The molecule has 0 fully saturated rings. The van der Waals surface area contributed by atoms with E-state index in [9.17, 15) is 0 Å². The predicted molar refractivity (Wildman–Crippen MR) is 75.4 cm³/mol. The van der Waals surface area contributed by atoms with Crippen LogP contribution < -0.4 is 0 Å². The Balaban J connectivity index is 2.18. The standard InChI is InChI=1S/C16H13N3/c1-12-3-2-4-14(9-12)15-10-18-11-19-16(15)13-5-7-17-8-6-13/h2-11H,1H3. The van der Waals surface area contributed by atoms with E-state index in [1.54, 1.807) is 18.7 Å². The van der Waals surface area contributed by atoms with Crippen molar-refractivity contribution in [3.8, 4) is 22.4 Å². The molecule has 0 bridgehead atoms. The summed E-state index contributed by atoms with van der Waals surface area (Å²) in [6, 6.07) is 12.3. The highest BCUT2D eigenvalue weighted by atomic mass is 14.8. The Kier molecular flexibility index (Phi) is 3.02. The highest BCUT2D eigenvalue weighted by Crippen LogP contribution is 2.29. The molecule has 0 radical (unpaired) electrons. The van der Waals surface area contributed by atoms with E-state index in [1.165, 1.54) is 5.56 Å². The van der Waals surface area contributed by atoms with Gasteiger partial charge in [0.05, 0.1) is 5.69 Å². The molecule has 3 aromatic rings. The number of nitrogens with zero attached hydrogens (tertiary/aromatic N) is 3. The van der Waals surface area contributed by atoms with Gasteiger partial charge in [0.2, 0.25) is 0 Å². The SMILES string of the molecule is Cc1cccc(-c2cncnc2-c2ccncc2)c1. The van der Waals surface area contributed by atoms with E-state index in [0.29, 0.717) is 0 Å². The largest absolute Gasteiger partial charge is 0.265 e. The van der Waals surface area contributed by atoms with Crippen molar-refractivity contribution in [3.05, 3.63) is 66.9 Å². The Morgan fingerprint density at radius 2 is 1.74 bits per heavy atom. The lowest BCUT2D eigenvalue weighted by atomic mass is 10.0. The average molecular weight is 247 g/mol. The predicted octanol–water partition coefficient (Wildman–Crippen LogP) is 3.51. The molecule has 19 heavy (non-hydrogen) atoms. The molecule has 92 valence electrons. The van der Waals surface area contributed by atoms with Crippen molar-refractivity contribution in [2.75, 3.05) is 0 Å². The molecular weight excluding hydrogens is 234 g/mol. The summed E-state index contributed by atoms with van der Waals surface area (Å²) in [6.07, 6.45) is 6.99. The summed E-state index contributed by atoms with van der Waals surface area (Å²) in [4.78, 5) is 12.6. The zero-order valence-electron chi connectivity index (χ0n) is 10.6. The topological polar surface area (TPSA) is 38.7 Å². The second-order valence-corrected chi connectivity index (χ2v) is 4.39. The van der Waals surface area contributed by atoms with Crippen LogP contribution in [-0.2, 0) is 0 Å². The lowest BCUT2D eigenvalue weighted by Crippen LogP contribution is -1.91. The van der Waals surface area contributed by atoms with Gasteiger partial charge in [0.1, 0.15) is 6.33 Å². The van der Waals surface area contributed by atoms with E-state index in [1.807, 2.05) is 24.4 Å². The molecule has 0 N–H and O–H groups in total. The number of pyridine rings is 1. The van der Waals surface area contributed by atoms with Gasteiger partial charge in [0.15, 0.2) is 0 Å². The Bertz CT molecular complexity index is 693. The maximum atomic E-state index is 4.42. The van der Waals surface area contributed by atoms with Crippen LogP contribution in [-0.4, -0.2) is 15.0 Å². The Hall–Kier alpha value is -2.55. The molecule has 3 rings (SSSR count). The lowest BCUT2D eigenvalue weighted by molar-refractivity contribution is 1.17. The highest BCUT2D eigenvalue weighted by Gasteiger charge is 2.08. The molecule has 0 aliphatic carbocycles. The monoisotopic (exact) mass is 247 g/mol. The van der Waals surface area contributed by atoms with Crippen molar-refractivity contribution in [3.63, 3.8) is 0 Å². The summed E-state index contributed by atoms with van der Waals surface area (Å²) in [6.45, 7) is 2.08. The molecule has 0 unspecified atom stereocenters. The fraction of sp³-hybridized carbons (Fsp3) is 0.0625. The maximum Gasteiger partial charge on any atom is 0.116 e. The Labute approximate surface area is 112 Å². The summed E-state index contributed by atoms with van der Waals surface area (Å²) in [7, 11) is 0. The van der Waals surface area contributed by atoms with Crippen LogP contribution >= 0.6 is 0 Å². The van der Waals surface area contributed by atoms with Gasteiger partial charge in [-0.1, -0.05) is 29.8 Å². The van der Waals surface area contributed by atoms with Crippen molar-refractivity contribution in [1.29, 1.82) is 0 Å². The van der Waals surface area contributed by atoms with Crippen molar-refractivity contribution in [2.45, 2.75) is 6.92 Å². The van der Waals surface area contributed by atoms with Gasteiger partial charge < -0.3 is 0 Å². The van der Waals surface area contributed by atoms with Crippen molar-refractivity contribution in [2.24, 2.45) is 0 Å². The zero-order chi connectivity index (χ0) is 13.1. The quantitative estimate of drug-likeness (QED) is 0.695. The number of hydrogen-bond acceptors (Lipinski definition) is 3. The summed E-state index contributed by atoms with van der Waals surface area (Å²) >= 11 is 0. The van der Waals surface area contributed by atoms with E-state index < -0.39 is 0 Å². The van der Waals surface area contributed by atoms with Crippen molar-refractivity contribution < 1.29 is 0 Å². The third-order valence-corrected chi connectivity index (χ3v) is 3.00. The molecule has 0 amide bonds. The van der Waals surface area contributed by atoms with Crippen molar-refractivity contribution in [1.82, 2.24) is 15.0 Å². The first-order valence-corrected chi connectivity index (χ1v) is 6.12. The molecule has 2 heterocycles. The maximum absolute atomic E-state index is 4.42. The first-order valence-electron chi connectivity index (χ1n) is 6.12. The molecule has 0 spiro atoms. The zero-order valence-corrected chi connectivity index (χ0v) is 10.6. The van der Waals surface area contributed by atoms with Gasteiger partial charge in [0, 0.05) is 29.7 Å². The number of rotatable bonds is 2. The van der Waals surface area contributed by atoms with Crippen LogP contribution in [0.5, 0.6) is 0 Å².